The molecule has 0 saturated heterocycles. The van der Waals surface area contributed by atoms with Crippen molar-refractivity contribution in [2.45, 2.75) is 12.8 Å². The number of hydrogen-bond donors (Lipinski definition) is 1. The van der Waals surface area contributed by atoms with Crippen LogP contribution in [0.3, 0.4) is 0 Å². The second-order valence-corrected chi connectivity index (χ2v) is 3.39. The predicted molar refractivity (Wildman–Crippen MR) is 53.8 cm³/mol. The van der Waals surface area contributed by atoms with Gasteiger partial charge in [-0.2, -0.15) is 0 Å². The summed E-state index contributed by atoms with van der Waals surface area (Å²) in [5, 5.41) is 8.53. The molecular formula is C9H12BrNO2. The molecule has 0 saturated carbocycles. The van der Waals surface area contributed by atoms with Crippen LogP contribution in [0.15, 0.2) is 22.8 Å². The van der Waals surface area contributed by atoms with Gasteiger partial charge in [-0.05, 0) is 34.8 Å². The maximum absolute atomic E-state index is 8.53. The van der Waals surface area contributed by atoms with E-state index in [0.29, 0.717) is 12.5 Å². The number of rotatable bonds is 5. The largest absolute Gasteiger partial charge is 0.478 e. The van der Waals surface area contributed by atoms with Gasteiger partial charge in [-0.15, -0.1) is 0 Å². The molecule has 0 aromatic carbocycles. The number of aromatic nitrogens is 1. The van der Waals surface area contributed by atoms with Crippen molar-refractivity contribution in [1.29, 1.82) is 0 Å². The van der Waals surface area contributed by atoms with E-state index in [1.165, 1.54) is 0 Å². The molecular weight excluding hydrogens is 234 g/mol. The summed E-state index contributed by atoms with van der Waals surface area (Å²) in [6, 6.07) is 5.53. The highest BCUT2D eigenvalue weighted by molar-refractivity contribution is 9.10. The molecule has 1 heterocycles. The lowest BCUT2D eigenvalue weighted by atomic mass is 10.3. The number of hydrogen-bond acceptors (Lipinski definition) is 3. The first-order valence-electron chi connectivity index (χ1n) is 4.19. The van der Waals surface area contributed by atoms with Gasteiger partial charge in [-0.25, -0.2) is 4.98 Å². The summed E-state index contributed by atoms with van der Waals surface area (Å²) in [7, 11) is 0. The Morgan fingerprint density at radius 3 is 2.92 bits per heavy atom. The molecule has 0 spiro atoms. The summed E-state index contributed by atoms with van der Waals surface area (Å²) in [6.07, 6.45) is 1.62. The molecule has 1 rings (SSSR count). The van der Waals surface area contributed by atoms with Crippen LogP contribution in [0.2, 0.25) is 0 Å². The van der Waals surface area contributed by atoms with E-state index in [0.717, 1.165) is 17.4 Å². The molecule has 1 N–H and O–H groups in total. The van der Waals surface area contributed by atoms with Crippen LogP contribution < -0.4 is 4.74 Å². The molecule has 0 aliphatic carbocycles. The van der Waals surface area contributed by atoms with E-state index in [9.17, 15) is 0 Å². The van der Waals surface area contributed by atoms with E-state index in [1.807, 2.05) is 18.2 Å². The smallest absolute Gasteiger partial charge is 0.214 e. The molecule has 0 unspecified atom stereocenters. The number of aliphatic hydroxyl groups excluding tert-OH is 1. The molecule has 0 amide bonds. The van der Waals surface area contributed by atoms with Crippen LogP contribution in [0, 0.1) is 0 Å². The zero-order valence-corrected chi connectivity index (χ0v) is 8.83. The van der Waals surface area contributed by atoms with Gasteiger partial charge in [0.1, 0.15) is 4.60 Å². The maximum atomic E-state index is 8.53. The second kappa shape index (κ2) is 5.94. The van der Waals surface area contributed by atoms with Crippen LogP contribution in [0.25, 0.3) is 0 Å². The molecule has 4 heteroatoms. The van der Waals surface area contributed by atoms with Crippen molar-refractivity contribution >= 4 is 15.9 Å². The molecule has 72 valence electrons. The van der Waals surface area contributed by atoms with E-state index < -0.39 is 0 Å². The molecule has 1 aromatic rings. The van der Waals surface area contributed by atoms with Crippen LogP contribution >= 0.6 is 15.9 Å². The first-order valence-corrected chi connectivity index (χ1v) is 4.98. The fourth-order valence-corrected chi connectivity index (χ4v) is 1.19. The monoisotopic (exact) mass is 245 g/mol. The minimum atomic E-state index is 0.218. The van der Waals surface area contributed by atoms with Crippen molar-refractivity contribution in [3.05, 3.63) is 22.8 Å². The average molecular weight is 246 g/mol. The van der Waals surface area contributed by atoms with Crippen LogP contribution in [-0.4, -0.2) is 23.3 Å². The molecule has 0 atom stereocenters. The number of aliphatic hydroxyl groups is 1. The quantitative estimate of drug-likeness (QED) is 0.638. The molecule has 0 aliphatic heterocycles. The Morgan fingerprint density at radius 2 is 2.23 bits per heavy atom. The van der Waals surface area contributed by atoms with Gasteiger partial charge in [-0.1, -0.05) is 6.07 Å². The fourth-order valence-electron chi connectivity index (χ4n) is 0.861. The lowest BCUT2D eigenvalue weighted by molar-refractivity contribution is 0.249. The number of nitrogens with zero attached hydrogens (tertiary/aromatic N) is 1. The Kier molecular flexibility index (Phi) is 4.78. The van der Waals surface area contributed by atoms with Crippen LogP contribution in [0.1, 0.15) is 12.8 Å². The molecule has 3 nitrogen and oxygen atoms in total. The van der Waals surface area contributed by atoms with Gasteiger partial charge in [0.2, 0.25) is 5.88 Å². The lowest BCUT2D eigenvalue weighted by Gasteiger charge is -2.03. The van der Waals surface area contributed by atoms with Gasteiger partial charge in [0.25, 0.3) is 0 Å². The highest BCUT2D eigenvalue weighted by Crippen LogP contribution is 2.12. The number of ether oxygens (including phenoxy) is 1. The van der Waals surface area contributed by atoms with E-state index in [1.54, 1.807) is 0 Å². The van der Waals surface area contributed by atoms with Crippen molar-refractivity contribution < 1.29 is 9.84 Å². The molecule has 13 heavy (non-hydrogen) atoms. The second-order valence-electron chi connectivity index (χ2n) is 2.58. The van der Waals surface area contributed by atoms with Crippen molar-refractivity contribution in [1.82, 2.24) is 4.98 Å². The first kappa shape index (κ1) is 10.5. The minimum Gasteiger partial charge on any atom is -0.478 e. The Bertz CT molecular complexity index is 255. The summed E-state index contributed by atoms with van der Waals surface area (Å²) in [6.45, 7) is 0.819. The highest BCUT2D eigenvalue weighted by atomic mass is 79.9. The average Bonchev–Trinajstić information content (AvgIpc) is 2.13. The van der Waals surface area contributed by atoms with Crippen molar-refractivity contribution in [2.75, 3.05) is 13.2 Å². The summed E-state index contributed by atoms with van der Waals surface area (Å²) >= 11 is 3.25. The normalized spacial score (nSPS) is 10.0. The van der Waals surface area contributed by atoms with Crippen LogP contribution in [0.4, 0.5) is 0 Å². The van der Waals surface area contributed by atoms with Gasteiger partial charge in [0, 0.05) is 12.7 Å². The third-order valence-corrected chi connectivity index (χ3v) is 1.93. The van der Waals surface area contributed by atoms with E-state index in [2.05, 4.69) is 20.9 Å². The van der Waals surface area contributed by atoms with E-state index in [-0.39, 0.29) is 6.61 Å². The topological polar surface area (TPSA) is 42.4 Å². The Hall–Kier alpha value is -0.610. The molecule has 1 aromatic heterocycles. The standard InChI is InChI=1S/C9H12BrNO2/c10-8-4-3-5-9(11-8)13-7-2-1-6-12/h3-5,12H,1-2,6-7H2. The van der Waals surface area contributed by atoms with Crippen molar-refractivity contribution in [3.63, 3.8) is 0 Å². The predicted octanol–water partition coefficient (Wildman–Crippen LogP) is 2.00. The number of halogens is 1. The summed E-state index contributed by atoms with van der Waals surface area (Å²) in [5.41, 5.74) is 0. The Labute approximate surface area is 85.9 Å². The third-order valence-electron chi connectivity index (χ3n) is 1.49. The maximum Gasteiger partial charge on any atom is 0.214 e. The third kappa shape index (κ3) is 4.24. The summed E-state index contributed by atoms with van der Waals surface area (Å²) < 4.78 is 6.11. The zero-order valence-electron chi connectivity index (χ0n) is 7.24. The van der Waals surface area contributed by atoms with Gasteiger partial charge in [0.15, 0.2) is 0 Å². The minimum absolute atomic E-state index is 0.218. The fraction of sp³-hybridized carbons (Fsp3) is 0.444. The molecule has 0 radical (unpaired) electrons. The Balaban J connectivity index is 2.28. The number of unbranched alkanes of at least 4 members (excludes halogenated alkanes) is 1. The van der Waals surface area contributed by atoms with Gasteiger partial charge >= 0.3 is 0 Å². The number of pyridine rings is 1. The lowest BCUT2D eigenvalue weighted by Crippen LogP contribution is -1.99. The Morgan fingerprint density at radius 1 is 1.38 bits per heavy atom. The zero-order chi connectivity index (χ0) is 9.52. The van der Waals surface area contributed by atoms with Crippen LogP contribution in [-0.2, 0) is 0 Å². The SMILES string of the molecule is OCCCCOc1cccc(Br)n1. The van der Waals surface area contributed by atoms with Gasteiger partial charge < -0.3 is 9.84 Å². The van der Waals surface area contributed by atoms with Crippen LogP contribution in [0.5, 0.6) is 5.88 Å². The van der Waals surface area contributed by atoms with E-state index >= 15 is 0 Å². The summed E-state index contributed by atoms with van der Waals surface area (Å²) in [5.74, 6) is 0.618. The molecule has 0 bridgehead atoms. The highest BCUT2D eigenvalue weighted by Gasteiger charge is 1.95. The van der Waals surface area contributed by atoms with E-state index in [4.69, 9.17) is 9.84 Å². The molecule has 0 fully saturated rings. The summed E-state index contributed by atoms with van der Waals surface area (Å²) in [4.78, 5) is 4.10. The molecule has 0 aliphatic rings. The van der Waals surface area contributed by atoms with Crippen molar-refractivity contribution in [2.24, 2.45) is 0 Å². The van der Waals surface area contributed by atoms with Gasteiger partial charge in [-0.3, -0.25) is 0 Å². The van der Waals surface area contributed by atoms with Crippen molar-refractivity contribution in [3.8, 4) is 5.88 Å². The van der Waals surface area contributed by atoms with Gasteiger partial charge in [0.05, 0.1) is 6.61 Å². The first-order chi connectivity index (χ1) is 6.33.